The van der Waals surface area contributed by atoms with Gasteiger partial charge < -0.3 is 15.2 Å². The van der Waals surface area contributed by atoms with Crippen LogP contribution in [0.2, 0.25) is 0 Å². The average molecular weight is 245 g/mol. The van der Waals surface area contributed by atoms with Crippen LogP contribution in [0.5, 0.6) is 17.5 Å². The zero-order valence-corrected chi connectivity index (χ0v) is 10.4. The molecule has 2 N–H and O–H groups in total. The molecule has 1 aromatic heterocycles. The predicted molar refractivity (Wildman–Crippen MR) is 67.7 cm³/mol. The van der Waals surface area contributed by atoms with Crippen molar-refractivity contribution < 1.29 is 9.47 Å². The van der Waals surface area contributed by atoms with Crippen molar-refractivity contribution in [1.29, 1.82) is 0 Å². The van der Waals surface area contributed by atoms with Gasteiger partial charge in [-0.25, -0.2) is 0 Å². The fourth-order valence-electron chi connectivity index (χ4n) is 1.53. The molecule has 5 heteroatoms. The van der Waals surface area contributed by atoms with Gasteiger partial charge in [0, 0.05) is 6.54 Å². The van der Waals surface area contributed by atoms with E-state index in [2.05, 4.69) is 9.97 Å². The molecule has 5 nitrogen and oxygen atoms in total. The van der Waals surface area contributed by atoms with Crippen molar-refractivity contribution in [1.82, 2.24) is 9.97 Å². The number of nitrogens with zero attached hydrogens (tertiary/aromatic N) is 2. The third-order valence-corrected chi connectivity index (χ3v) is 2.36. The second kappa shape index (κ2) is 5.46. The fraction of sp³-hybridized carbons (Fsp3) is 0.231. The highest BCUT2D eigenvalue weighted by atomic mass is 16.5. The molecule has 94 valence electrons. The van der Waals surface area contributed by atoms with Gasteiger partial charge >= 0.3 is 0 Å². The van der Waals surface area contributed by atoms with E-state index >= 15 is 0 Å². The maximum absolute atomic E-state index is 5.66. The second-order valence-corrected chi connectivity index (χ2v) is 3.75. The largest absolute Gasteiger partial charge is 0.481 e. The van der Waals surface area contributed by atoms with Gasteiger partial charge in [-0.2, -0.15) is 9.97 Å². The molecule has 0 atom stereocenters. The normalized spacial score (nSPS) is 10.2. The molecule has 0 bridgehead atoms. The Labute approximate surface area is 106 Å². The number of hydrogen-bond acceptors (Lipinski definition) is 5. The average Bonchev–Trinajstić information content (AvgIpc) is 2.38. The van der Waals surface area contributed by atoms with E-state index in [-0.39, 0.29) is 0 Å². The molecule has 0 saturated heterocycles. The van der Waals surface area contributed by atoms with Crippen LogP contribution in [0.4, 0.5) is 0 Å². The summed E-state index contributed by atoms with van der Waals surface area (Å²) in [5.74, 6) is 2.22. The van der Waals surface area contributed by atoms with Crippen LogP contribution in [0.15, 0.2) is 30.3 Å². The van der Waals surface area contributed by atoms with Crippen LogP contribution < -0.4 is 15.2 Å². The van der Waals surface area contributed by atoms with E-state index in [1.54, 1.807) is 20.1 Å². The molecular formula is C13H15N3O2. The minimum atomic E-state index is 0.452. The van der Waals surface area contributed by atoms with Crippen LogP contribution in [0.25, 0.3) is 0 Å². The Morgan fingerprint density at radius 3 is 2.67 bits per heavy atom. The van der Waals surface area contributed by atoms with Gasteiger partial charge in [0.05, 0.1) is 13.2 Å². The summed E-state index contributed by atoms with van der Waals surface area (Å²) in [4.78, 5) is 8.28. The lowest BCUT2D eigenvalue weighted by Crippen LogP contribution is -1.98. The Morgan fingerprint density at radius 1 is 1.17 bits per heavy atom. The lowest BCUT2D eigenvalue weighted by molar-refractivity contribution is 0.386. The smallest absolute Gasteiger partial charge is 0.226 e. The summed E-state index contributed by atoms with van der Waals surface area (Å²) in [7, 11) is 1.56. The molecule has 0 fully saturated rings. The molecule has 0 aliphatic heterocycles. The van der Waals surface area contributed by atoms with Crippen molar-refractivity contribution in [2.24, 2.45) is 5.73 Å². The second-order valence-electron chi connectivity index (χ2n) is 3.75. The van der Waals surface area contributed by atoms with Gasteiger partial charge in [-0.15, -0.1) is 0 Å². The lowest BCUT2D eigenvalue weighted by atomic mass is 10.2. The summed E-state index contributed by atoms with van der Waals surface area (Å²) < 4.78 is 10.7. The molecule has 0 aliphatic rings. The summed E-state index contributed by atoms with van der Waals surface area (Å²) in [6.07, 6.45) is 0. The standard InChI is InChI=1S/C13H15N3O2/c1-9-15-12(17-2)7-13(16-9)18-11-5-3-4-10(6-11)8-14/h3-7H,8,14H2,1-2H3. The van der Waals surface area contributed by atoms with Crippen molar-refractivity contribution >= 4 is 0 Å². The van der Waals surface area contributed by atoms with Crippen molar-refractivity contribution in [2.75, 3.05) is 7.11 Å². The van der Waals surface area contributed by atoms with E-state index in [1.165, 1.54) is 0 Å². The molecule has 18 heavy (non-hydrogen) atoms. The van der Waals surface area contributed by atoms with Gasteiger partial charge in [-0.05, 0) is 24.6 Å². The minimum Gasteiger partial charge on any atom is -0.481 e. The number of ether oxygens (including phenoxy) is 2. The first-order chi connectivity index (χ1) is 8.71. The third kappa shape index (κ3) is 2.95. The number of methoxy groups -OCH3 is 1. The molecule has 0 unspecified atom stereocenters. The first kappa shape index (κ1) is 12.3. The highest BCUT2D eigenvalue weighted by Crippen LogP contribution is 2.23. The van der Waals surface area contributed by atoms with Crippen LogP contribution in [0.1, 0.15) is 11.4 Å². The van der Waals surface area contributed by atoms with Crippen LogP contribution in [0, 0.1) is 6.92 Å². The first-order valence-electron chi connectivity index (χ1n) is 5.58. The zero-order valence-electron chi connectivity index (χ0n) is 10.4. The molecule has 1 aromatic carbocycles. The van der Waals surface area contributed by atoms with Crippen molar-refractivity contribution in [3.05, 3.63) is 41.7 Å². The van der Waals surface area contributed by atoms with Gasteiger partial charge in [0.15, 0.2) is 0 Å². The molecular weight excluding hydrogens is 230 g/mol. The van der Waals surface area contributed by atoms with Gasteiger partial charge in [0.1, 0.15) is 11.6 Å². The number of benzene rings is 1. The van der Waals surface area contributed by atoms with Gasteiger partial charge in [-0.3, -0.25) is 0 Å². The molecule has 0 amide bonds. The Balaban J connectivity index is 2.24. The first-order valence-corrected chi connectivity index (χ1v) is 5.58. The summed E-state index contributed by atoms with van der Waals surface area (Å²) >= 11 is 0. The molecule has 2 rings (SSSR count). The Kier molecular flexibility index (Phi) is 3.74. The summed E-state index contributed by atoms with van der Waals surface area (Å²) in [5.41, 5.74) is 6.59. The van der Waals surface area contributed by atoms with Gasteiger partial charge in [-0.1, -0.05) is 12.1 Å². The Bertz CT molecular complexity index is 544. The van der Waals surface area contributed by atoms with E-state index in [4.69, 9.17) is 15.2 Å². The highest BCUT2D eigenvalue weighted by molar-refractivity contribution is 5.32. The maximum atomic E-state index is 5.66. The van der Waals surface area contributed by atoms with Gasteiger partial charge in [0.25, 0.3) is 0 Å². The number of nitrogens with two attached hydrogens (primary N) is 1. The Morgan fingerprint density at radius 2 is 1.94 bits per heavy atom. The van der Waals surface area contributed by atoms with Crippen molar-refractivity contribution in [3.8, 4) is 17.5 Å². The van der Waals surface area contributed by atoms with Crippen molar-refractivity contribution in [2.45, 2.75) is 13.5 Å². The number of rotatable bonds is 4. The summed E-state index contributed by atoms with van der Waals surface area (Å²) in [5, 5.41) is 0. The number of hydrogen-bond donors (Lipinski definition) is 1. The quantitative estimate of drug-likeness (QED) is 0.892. The number of aromatic nitrogens is 2. The summed E-state index contributed by atoms with van der Waals surface area (Å²) in [6, 6.07) is 9.20. The van der Waals surface area contributed by atoms with Crippen LogP contribution in [0.3, 0.4) is 0 Å². The molecule has 2 aromatic rings. The topological polar surface area (TPSA) is 70.3 Å². The number of aryl methyl sites for hydroxylation is 1. The Hall–Kier alpha value is -2.14. The van der Waals surface area contributed by atoms with Crippen LogP contribution in [-0.4, -0.2) is 17.1 Å². The highest BCUT2D eigenvalue weighted by Gasteiger charge is 2.04. The van der Waals surface area contributed by atoms with Gasteiger partial charge in [0.2, 0.25) is 11.8 Å². The van der Waals surface area contributed by atoms with E-state index < -0.39 is 0 Å². The molecule has 1 heterocycles. The predicted octanol–water partition coefficient (Wildman–Crippen LogP) is 2.04. The summed E-state index contributed by atoms with van der Waals surface area (Å²) in [6.45, 7) is 2.26. The van der Waals surface area contributed by atoms with E-state index in [0.717, 1.165) is 5.56 Å². The molecule has 0 saturated carbocycles. The lowest BCUT2D eigenvalue weighted by Gasteiger charge is -2.08. The van der Waals surface area contributed by atoms with Crippen LogP contribution >= 0.6 is 0 Å². The zero-order chi connectivity index (χ0) is 13.0. The van der Waals surface area contributed by atoms with E-state index in [0.29, 0.717) is 29.9 Å². The van der Waals surface area contributed by atoms with Crippen LogP contribution in [-0.2, 0) is 6.54 Å². The minimum absolute atomic E-state index is 0.452. The van der Waals surface area contributed by atoms with Crippen molar-refractivity contribution in [3.63, 3.8) is 0 Å². The third-order valence-electron chi connectivity index (χ3n) is 2.36. The molecule has 0 aliphatic carbocycles. The monoisotopic (exact) mass is 245 g/mol. The maximum Gasteiger partial charge on any atom is 0.226 e. The van der Waals surface area contributed by atoms with E-state index in [9.17, 15) is 0 Å². The SMILES string of the molecule is COc1cc(Oc2cccc(CN)c2)nc(C)n1. The molecule has 0 radical (unpaired) electrons. The molecule has 0 spiro atoms. The fourth-order valence-corrected chi connectivity index (χ4v) is 1.53. The van der Waals surface area contributed by atoms with E-state index in [1.807, 2.05) is 24.3 Å².